The SMILES string of the molecule is C.CNC1CCNC1. The van der Waals surface area contributed by atoms with Crippen LogP contribution >= 0.6 is 0 Å². The Hall–Kier alpha value is -0.0800. The first-order chi connectivity index (χ1) is 3.43. The van der Waals surface area contributed by atoms with E-state index in [0.29, 0.717) is 0 Å². The van der Waals surface area contributed by atoms with E-state index in [1.165, 1.54) is 13.0 Å². The maximum Gasteiger partial charge on any atom is 0.0201 e. The molecule has 1 heterocycles. The van der Waals surface area contributed by atoms with Gasteiger partial charge in [0.05, 0.1) is 0 Å². The van der Waals surface area contributed by atoms with Crippen molar-refractivity contribution in [3.63, 3.8) is 0 Å². The predicted molar refractivity (Wildman–Crippen MR) is 37.1 cm³/mol. The predicted octanol–water partition coefficient (Wildman–Crippen LogP) is 0.204. The van der Waals surface area contributed by atoms with Gasteiger partial charge in [-0.3, -0.25) is 0 Å². The highest BCUT2D eigenvalue weighted by Gasteiger charge is 2.09. The highest BCUT2D eigenvalue weighted by molar-refractivity contribution is 4.74. The van der Waals surface area contributed by atoms with E-state index < -0.39 is 0 Å². The quantitative estimate of drug-likeness (QED) is 0.511. The first kappa shape index (κ1) is 7.92. The molecule has 2 nitrogen and oxygen atoms in total. The van der Waals surface area contributed by atoms with Gasteiger partial charge in [0.2, 0.25) is 0 Å². The minimum atomic E-state index is 0. The van der Waals surface area contributed by atoms with Crippen LogP contribution in [0.2, 0.25) is 0 Å². The molecule has 0 aromatic carbocycles. The summed E-state index contributed by atoms with van der Waals surface area (Å²) in [6.07, 6.45) is 1.29. The van der Waals surface area contributed by atoms with E-state index in [1.54, 1.807) is 0 Å². The lowest BCUT2D eigenvalue weighted by molar-refractivity contribution is 0.611. The van der Waals surface area contributed by atoms with E-state index in [-0.39, 0.29) is 7.43 Å². The van der Waals surface area contributed by atoms with Crippen LogP contribution in [0.25, 0.3) is 0 Å². The van der Waals surface area contributed by atoms with Crippen molar-refractivity contribution in [1.82, 2.24) is 10.6 Å². The summed E-state index contributed by atoms with van der Waals surface area (Å²) in [6, 6.07) is 0.736. The van der Waals surface area contributed by atoms with Crippen LogP contribution < -0.4 is 10.6 Å². The lowest BCUT2D eigenvalue weighted by Gasteiger charge is -2.02. The minimum Gasteiger partial charge on any atom is -0.316 e. The topological polar surface area (TPSA) is 24.1 Å². The van der Waals surface area contributed by atoms with E-state index in [2.05, 4.69) is 10.6 Å². The molecule has 0 amide bonds. The number of likely N-dealkylation sites (N-methyl/N-ethyl adjacent to an activating group) is 1. The summed E-state index contributed by atoms with van der Waals surface area (Å²) in [7, 11) is 2.01. The molecule has 50 valence electrons. The Morgan fingerprint density at radius 2 is 2.38 bits per heavy atom. The van der Waals surface area contributed by atoms with Crippen molar-refractivity contribution in [2.45, 2.75) is 19.9 Å². The average molecular weight is 116 g/mol. The maximum absolute atomic E-state index is 3.26. The fourth-order valence-electron chi connectivity index (χ4n) is 0.901. The molecule has 0 aromatic rings. The molecule has 0 bridgehead atoms. The molecular weight excluding hydrogens is 100 g/mol. The molecule has 1 rings (SSSR count). The second-order valence-electron chi connectivity index (χ2n) is 1.98. The summed E-state index contributed by atoms with van der Waals surface area (Å²) >= 11 is 0. The molecule has 1 saturated heterocycles. The molecule has 2 N–H and O–H groups in total. The second kappa shape index (κ2) is 3.87. The van der Waals surface area contributed by atoms with E-state index in [0.717, 1.165) is 12.6 Å². The average Bonchev–Trinajstić information content (AvgIpc) is 2.14. The third-order valence-corrected chi connectivity index (χ3v) is 1.47. The molecule has 0 spiro atoms. The summed E-state index contributed by atoms with van der Waals surface area (Å²) in [5.74, 6) is 0. The molecule has 8 heavy (non-hydrogen) atoms. The highest BCUT2D eigenvalue weighted by atomic mass is 15.0. The number of hydrogen-bond donors (Lipinski definition) is 2. The molecule has 1 fully saturated rings. The fourth-order valence-corrected chi connectivity index (χ4v) is 0.901. The third kappa shape index (κ3) is 1.80. The Morgan fingerprint density at radius 3 is 2.62 bits per heavy atom. The number of rotatable bonds is 1. The van der Waals surface area contributed by atoms with Gasteiger partial charge in [0.25, 0.3) is 0 Å². The summed E-state index contributed by atoms with van der Waals surface area (Å²) < 4.78 is 0. The molecule has 0 aromatic heterocycles. The van der Waals surface area contributed by atoms with Gasteiger partial charge in [0, 0.05) is 12.6 Å². The smallest absolute Gasteiger partial charge is 0.0201 e. The maximum atomic E-state index is 3.26. The molecule has 2 heteroatoms. The van der Waals surface area contributed by atoms with E-state index >= 15 is 0 Å². The van der Waals surface area contributed by atoms with Crippen LogP contribution in [-0.2, 0) is 0 Å². The van der Waals surface area contributed by atoms with Crippen LogP contribution in [0.15, 0.2) is 0 Å². The van der Waals surface area contributed by atoms with Crippen molar-refractivity contribution in [3.05, 3.63) is 0 Å². The zero-order valence-electron chi connectivity index (χ0n) is 4.70. The van der Waals surface area contributed by atoms with Crippen LogP contribution in [-0.4, -0.2) is 26.2 Å². The van der Waals surface area contributed by atoms with Crippen LogP contribution in [0.1, 0.15) is 13.8 Å². The van der Waals surface area contributed by atoms with Crippen molar-refractivity contribution in [1.29, 1.82) is 0 Å². The molecule has 1 aliphatic rings. The van der Waals surface area contributed by atoms with Crippen LogP contribution in [0, 0.1) is 0 Å². The monoisotopic (exact) mass is 116 g/mol. The Balaban J connectivity index is 0.000000490. The first-order valence-electron chi connectivity index (χ1n) is 2.81. The minimum absolute atomic E-state index is 0. The van der Waals surface area contributed by atoms with Gasteiger partial charge in [0.1, 0.15) is 0 Å². The molecule has 1 aliphatic heterocycles. The van der Waals surface area contributed by atoms with Crippen LogP contribution in [0.5, 0.6) is 0 Å². The second-order valence-corrected chi connectivity index (χ2v) is 1.98. The van der Waals surface area contributed by atoms with Crippen molar-refractivity contribution < 1.29 is 0 Å². The van der Waals surface area contributed by atoms with Gasteiger partial charge in [-0.25, -0.2) is 0 Å². The van der Waals surface area contributed by atoms with Crippen LogP contribution in [0.4, 0.5) is 0 Å². The molecule has 0 saturated carbocycles. The van der Waals surface area contributed by atoms with E-state index in [4.69, 9.17) is 0 Å². The Kier molecular flexibility index (Phi) is 3.83. The Labute approximate surface area is 51.7 Å². The Morgan fingerprint density at radius 1 is 1.62 bits per heavy atom. The number of nitrogens with one attached hydrogen (secondary N) is 2. The van der Waals surface area contributed by atoms with Gasteiger partial charge in [-0.15, -0.1) is 0 Å². The van der Waals surface area contributed by atoms with Gasteiger partial charge < -0.3 is 10.6 Å². The Bertz CT molecular complexity index is 48.5. The summed E-state index contributed by atoms with van der Waals surface area (Å²) in [4.78, 5) is 0. The first-order valence-corrected chi connectivity index (χ1v) is 2.81. The van der Waals surface area contributed by atoms with Crippen LogP contribution in [0.3, 0.4) is 0 Å². The van der Waals surface area contributed by atoms with Crippen molar-refractivity contribution in [2.75, 3.05) is 20.1 Å². The normalized spacial score (nSPS) is 27.4. The molecule has 0 aliphatic carbocycles. The molecule has 1 atom stereocenters. The summed E-state index contributed by atoms with van der Waals surface area (Å²) in [5, 5.41) is 6.46. The zero-order valence-corrected chi connectivity index (χ0v) is 4.70. The van der Waals surface area contributed by atoms with Gasteiger partial charge in [-0.05, 0) is 20.0 Å². The number of hydrogen-bond acceptors (Lipinski definition) is 2. The standard InChI is InChI=1S/C5H12N2.CH4/c1-6-5-2-3-7-4-5;/h5-7H,2-4H2,1H3;1H4. The lowest BCUT2D eigenvalue weighted by atomic mass is 10.3. The highest BCUT2D eigenvalue weighted by Crippen LogP contribution is 1.93. The fraction of sp³-hybridized carbons (Fsp3) is 1.00. The third-order valence-electron chi connectivity index (χ3n) is 1.47. The van der Waals surface area contributed by atoms with Crippen molar-refractivity contribution in [3.8, 4) is 0 Å². The summed E-state index contributed by atoms with van der Waals surface area (Å²) in [6.45, 7) is 2.34. The van der Waals surface area contributed by atoms with Crippen molar-refractivity contribution in [2.24, 2.45) is 0 Å². The largest absolute Gasteiger partial charge is 0.316 e. The zero-order chi connectivity index (χ0) is 5.11. The van der Waals surface area contributed by atoms with E-state index in [9.17, 15) is 0 Å². The van der Waals surface area contributed by atoms with Gasteiger partial charge in [-0.1, -0.05) is 7.43 Å². The van der Waals surface area contributed by atoms with Gasteiger partial charge in [-0.2, -0.15) is 0 Å². The van der Waals surface area contributed by atoms with Crippen molar-refractivity contribution >= 4 is 0 Å². The van der Waals surface area contributed by atoms with Gasteiger partial charge >= 0.3 is 0 Å². The lowest BCUT2D eigenvalue weighted by Crippen LogP contribution is -2.26. The van der Waals surface area contributed by atoms with Gasteiger partial charge in [0.15, 0.2) is 0 Å². The molecular formula is C6H16N2. The molecule has 0 radical (unpaired) electrons. The van der Waals surface area contributed by atoms with E-state index in [1.807, 2.05) is 7.05 Å². The molecule has 1 unspecified atom stereocenters. The summed E-state index contributed by atoms with van der Waals surface area (Å²) in [5.41, 5.74) is 0.